The summed E-state index contributed by atoms with van der Waals surface area (Å²) in [6.07, 6.45) is 3.71. The highest BCUT2D eigenvalue weighted by Crippen LogP contribution is 2.24. The van der Waals surface area contributed by atoms with Gasteiger partial charge in [-0.3, -0.25) is 9.69 Å². The largest absolute Gasteiger partial charge is 0.473 e. The first-order valence-corrected chi connectivity index (χ1v) is 10.3. The molecule has 1 aliphatic heterocycles. The topological polar surface area (TPSA) is 136 Å². The van der Waals surface area contributed by atoms with Crippen molar-refractivity contribution >= 4 is 29.6 Å². The summed E-state index contributed by atoms with van der Waals surface area (Å²) in [6.45, 7) is 5.82. The minimum atomic E-state index is -1.82. The number of carbonyl (C=O) groups is 4. The zero-order valence-electron chi connectivity index (χ0n) is 17.6. The fourth-order valence-corrected chi connectivity index (χ4v) is 3.50. The first-order valence-electron chi connectivity index (χ1n) is 10.3. The Morgan fingerprint density at radius 3 is 2.26 bits per heavy atom. The number of rotatable bonds is 5. The molecule has 31 heavy (non-hydrogen) atoms. The predicted molar refractivity (Wildman–Crippen MR) is 112 cm³/mol. The summed E-state index contributed by atoms with van der Waals surface area (Å²) in [5.74, 6) is -3.60. The lowest BCUT2D eigenvalue weighted by molar-refractivity contribution is -0.159. The third-order valence-electron chi connectivity index (χ3n) is 5.12. The molecule has 1 aliphatic carbocycles. The Labute approximate surface area is 180 Å². The molecule has 2 amide bonds. The zero-order chi connectivity index (χ0) is 22.8. The molecule has 0 atom stereocenters. The van der Waals surface area contributed by atoms with Gasteiger partial charge in [0.15, 0.2) is 0 Å². The van der Waals surface area contributed by atoms with Crippen molar-refractivity contribution in [2.45, 2.75) is 32.6 Å². The standard InChI is InChI=1S/C19H27N3O3.C2H2O4/c1-2-25-19(24)22-12-10-21(11-13-22)9-8-18(23)20-17-7-6-15-4-3-5-16(15)14-17;3-1(4)2(5)6/h6-7,14H,2-5,8-13H2,1H3,(H,20,23);(H,3,4)(H,5,6). The molecule has 1 saturated heterocycles. The number of carboxylic acid groups (broad SMARTS) is 2. The Kier molecular flexibility index (Phi) is 9.26. The maximum atomic E-state index is 12.2. The van der Waals surface area contributed by atoms with E-state index in [0.717, 1.165) is 31.6 Å². The number of aryl methyl sites for hydroxylation is 2. The second-order valence-electron chi connectivity index (χ2n) is 7.27. The number of hydrogen-bond acceptors (Lipinski definition) is 6. The molecule has 1 fully saturated rings. The monoisotopic (exact) mass is 435 g/mol. The number of carboxylic acids is 2. The van der Waals surface area contributed by atoms with Gasteiger partial charge in [-0.1, -0.05) is 6.07 Å². The first-order chi connectivity index (χ1) is 14.8. The van der Waals surface area contributed by atoms with Crippen LogP contribution in [0.1, 0.15) is 30.9 Å². The van der Waals surface area contributed by atoms with E-state index in [-0.39, 0.29) is 12.0 Å². The predicted octanol–water partition coefficient (Wildman–Crippen LogP) is 1.43. The molecule has 10 nitrogen and oxygen atoms in total. The second-order valence-corrected chi connectivity index (χ2v) is 7.27. The molecule has 2 aliphatic rings. The average Bonchev–Trinajstić information content (AvgIpc) is 3.21. The molecule has 170 valence electrons. The van der Waals surface area contributed by atoms with Crippen molar-refractivity contribution < 1.29 is 34.1 Å². The number of carbonyl (C=O) groups excluding carboxylic acids is 2. The van der Waals surface area contributed by atoms with Gasteiger partial charge in [-0.15, -0.1) is 0 Å². The van der Waals surface area contributed by atoms with E-state index in [9.17, 15) is 9.59 Å². The summed E-state index contributed by atoms with van der Waals surface area (Å²) >= 11 is 0. The molecule has 0 aromatic heterocycles. The van der Waals surface area contributed by atoms with Crippen LogP contribution in [-0.2, 0) is 32.0 Å². The summed E-state index contributed by atoms with van der Waals surface area (Å²) in [5, 5.41) is 17.8. The number of nitrogens with zero attached hydrogens (tertiary/aromatic N) is 2. The van der Waals surface area contributed by atoms with Gasteiger partial charge in [0.1, 0.15) is 0 Å². The van der Waals surface area contributed by atoms with E-state index in [1.807, 2.05) is 13.0 Å². The van der Waals surface area contributed by atoms with Gasteiger partial charge in [0.2, 0.25) is 5.91 Å². The number of ether oxygens (including phenoxy) is 1. The minimum Gasteiger partial charge on any atom is -0.473 e. The molecule has 0 radical (unpaired) electrons. The third kappa shape index (κ3) is 7.89. The lowest BCUT2D eigenvalue weighted by Crippen LogP contribution is -2.49. The van der Waals surface area contributed by atoms with Crippen molar-refractivity contribution in [2.75, 3.05) is 44.6 Å². The molecular formula is C21H29N3O7. The van der Waals surface area contributed by atoms with Crippen molar-refractivity contribution in [3.63, 3.8) is 0 Å². The third-order valence-corrected chi connectivity index (χ3v) is 5.12. The van der Waals surface area contributed by atoms with Gasteiger partial charge in [0, 0.05) is 44.8 Å². The molecule has 3 N–H and O–H groups in total. The Morgan fingerprint density at radius 1 is 1.00 bits per heavy atom. The van der Waals surface area contributed by atoms with Gasteiger partial charge in [-0.2, -0.15) is 0 Å². The quantitative estimate of drug-likeness (QED) is 0.591. The Hall–Kier alpha value is -3.14. The smallest absolute Gasteiger partial charge is 0.414 e. The van der Waals surface area contributed by atoms with E-state index in [1.165, 1.54) is 17.5 Å². The first kappa shape index (κ1) is 24.1. The summed E-state index contributed by atoms with van der Waals surface area (Å²) < 4.78 is 5.02. The van der Waals surface area contributed by atoms with E-state index in [4.69, 9.17) is 24.5 Å². The lowest BCUT2D eigenvalue weighted by atomic mass is 10.1. The fraction of sp³-hybridized carbons (Fsp3) is 0.524. The van der Waals surface area contributed by atoms with Crippen LogP contribution >= 0.6 is 0 Å². The van der Waals surface area contributed by atoms with E-state index >= 15 is 0 Å². The number of hydrogen-bond donors (Lipinski definition) is 3. The van der Waals surface area contributed by atoms with Crippen LogP contribution in [0.4, 0.5) is 10.5 Å². The lowest BCUT2D eigenvalue weighted by Gasteiger charge is -2.33. The number of benzene rings is 1. The van der Waals surface area contributed by atoms with E-state index in [1.54, 1.807) is 4.90 Å². The Bertz CT molecular complexity index is 792. The molecule has 1 aromatic rings. The summed E-state index contributed by atoms with van der Waals surface area (Å²) in [7, 11) is 0. The highest BCUT2D eigenvalue weighted by atomic mass is 16.6. The van der Waals surface area contributed by atoms with Crippen LogP contribution in [0.25, 0.3) is 0 Å². The van der Waals surface area contributed by atoms with Crippen LogP contribution < -0.4 is 5.32 Å². The number of amides is 2. The highest BCUT2D eigenvalue weighted by Gasteiger charge is 2.22. The van der Waals surface area contributed by atoms with Crippen LogP contribution in [0.15, 0.2) is 18.2 Å². The molecule has 3 rings (SSSR count). The van der Waals surface area contributed by atoms with Crippen LogP contribution in [0.2, 0.25) is 0 Å². The maximum absolute atomic E-state index is 12.2. The van der Waals surface area contributed by atoms with Crippen molar-refractivity contribution in [3.8, 4) is 0 Å². The molecule has 1 aromatic carbocycles. The number of piperazine rings is 1. The summed E-state index contributed by atoms with van der Waals surface area (Å²) in [5.41, 5.74) is 3.68. The Balaban J connectivity index is 0.000000501. The molecule has 0 saturated carbocycles. The van der Waals surface area contributed by atoms with Gasteiger partial charge >= 0.3 is 18.0 Å². The van der Waals surface area contributed by atoms with Crippen LogP contribution in [0.3, 0.4) is 0 Å². The van der Waals surface area contributed by atoms with Gasteiger partial charge < -0.3 is 25.2 Å². The summed E-state index contributed by atoms with van der Waals surface area (Å²) in [6, 6.07) is 6.24. The number of fused-ring (bicyclic) bond motifs is 1. The Morgan fingerprint density at radius 2 is 1.65 bits per heavy atom. The normalized spacial score (nSPS) is 15.3. The molecule has 0 unspecified atom stereocenters. The molecular weight excluding hydrogens is 406 g/mol. The fourth-order valence-electron chi connectivity index (χ4n) is 3.50. The SMILES string of the molecule is CCOC(=O)N1CCN(CCC(=O)Nc2ccc3c(c2)CCC3)CC1.O=C(O)C(=O)O. The van der Waals surface area contributed by atoms with Crippen molar-refractivity contribution in [1.29, 1.82) is 0 Å². The van der Waals surface area contributed by atoms with Gasteiger partial charge in [0.25, 0.3) is 0 Å². The average molecular weight is 435 g/mol. The van der Waals surface area contributed by atoms with E-state index in [0.29, 0.717) is 32.7 Å². The minimum absolute atomic E-state index is 0.0470. The van der Waals surface area contributed by atoms with Gasteiger partial charge in [-0.05, 0) is 49.4 Å². The van der Waals surface area contributed by atoms with Crippen LogP contribution in [-0.4, -0.2) is 83.3 Å². The molecule has 10 heteroatoms. The molecule has 1 heterocycles. The van der Waals surface area contributed by atoms with Crippen molar-refractivity contribution in [1.82, 2.24) is 9.80 Å². The van der Waals surface area contributed by atoms with Crippen molar-refractivity contribution in [3.05, 3.63) is 29.3 Å². The van der Waals surface area contributed by atoms with Crippen LogP contribution in [0, 0.1) is 0 Å². The van der Waals surface area contributed by atoms with Crippen LogP contribution in [0.5, 0.6) is 0 Å². The zero-order valence-corrected chi connectivity index (χ0v) is 17.6. The number of anilines is 1. The maximum Gasteiger partial charge on any atom is 0.414 e. The van der Waals surface area contributed by atoms with E-state index < -0.39 is 11.9 Å². The summed E-state index contributed by atoms with van der Waals surface area (Å²) in [4.78, 5) is 46.0. The number of nitrogens with one attached hydrogen (secondary N) is 1. The van der Waals surface area contributed by atoms with E-state index in [2.05, 4.69) is 22.3 Å². The number of aliphatic carboxylic acids is 2. The second kappa shape index (κ2) is 11.9. The molecule has 0 spiro atoms. The van der Waals surface area contributed by atoms with Crippen molar-refractivity contribution in [2.24, 2.45) is 0 Å². The van der Waals surface area contributed by atoms with Gasteiger partial charge in [0.05, 0.1) is 6.61 Å². The van der Waals surface area contributed by atoms with Gasteiger partial charge in [-0.25, -0.2) is 14.4 Å². The highest BCUT2D eigenvalue weighted by molar-refractivity contribution is 6.27. The molecule has 0 bridgehead atoms.